The number of hydrogen-bond donors (Lipinski definition) is 0. The van der Waals surface area contributed by atoms with Gasteiger partial charge in [-0.3, -0.25) is 0 Å². The van der Waals surface area contributed by atoms with Gasteiger partial charge in [-0.2, -0.15) is 0 Å². The summed E-state index contributed by atoms with van der Waals surface area (Å²) in [6.07, 6.45) is 3.78. The minimum Gasteiger partial charge on any atom is -0.495 e. The highest BCUT2D eigenvalue weighted by Crippen LogP contribution is 2.24. The molecular weight excluding hydrogens is 218 g/mol. The maximum absolute atomic E-state index is 11.5. The highest BCUT2D eigenvalue weighted by molar-refractivity contribution is 5.90. The Morgan fingerprint density at radius 2 is 1.88 bits per heavy atom. The number of ether oxygens (including phenoxy) is 2. The zero-order valence-electron chi connectivity index (χ0n) is 9.71. The van der Waals surface area contributed by atoms with Crippen molar-refractivity contribution in [2.24, 2.45) is 0 Å². The van der Waals surface area contributed by atoms with E-state index in [1.54, 1.807) is 25.3 Å². The molecule has 4 heteroatoms. The molecule has 0 atom stereocenters. The molecule has 0 unspecified atom stereocenters. The summed E-state index contributed by atoms with van der Waals surface area (Å²) in [6.45, 7) is 0. The topological polar surface area (TPSA) is 40.5 Å². The molecule has 0 N–H and O–H groups in total. The van der Waals surface area contributed by atoms with Gasteiger partial charge in [-0.1, -0.05) is 0 Å². The van der Waals surface area contributed by atoms with Gasteiger partial charge < -0.3 is 14.0 Å². The molecular formula is C13H13NO3. The summed E-state index contributed by atoms with van der Waals surface area (Å²) in [6, 6.07) is 8.98. The van der Waals surface area contributed by atoms with Crippen molar-refractivity contribution in [2.45, 2.75) is 0 Å². The largest absolute Gasteiger partial charge is 0.495 e. The average molecular weight is 231 g/mol. The number of carbonyl (C=O) groups excluding carboxylic acids is 1. The van der Waals surface area contributed by atoms with E-state index >= 15 is 0 Å². The van der Waals surface area contributed by atoms with Crippen LogP contribution in [0.25, 0.3) is 5.69 Å². The van der Waals surface area contributed by atoms with Gasteiger partial charge in [0.2, 0.25) is 0 Å². The summed E-state index contributed by atoms with van der Waals surface area (Å²) in [7, 11) is 2.96. The number of carbonyl (C=O) groups is 1. The maximum Gasteiger partial charge on any atom is 0.337 e. The Morgan fingerprint density at radius 1 is 1.18 bits per heavy atom. The van der Waals surface area contributed by atoms with Crippen LogP contribution in [0.4, 0.5) is 0 Å². The molecule has 2 rings (SSSR count). The van der Waals surface area contributed by atoms with Gasteiger partial charge in [0.15, 0.2) is 0 Å². The molecule has 0 aliphatic heterocycles. The predicted octanol–water partition coefficient (Wildman–Crippen LogP) is 2.27. The van der Waals surface area contributed by atoms with Crippen LogP contribution in [0.2, 0.25) is 0 Å². The van der Waals surface area contributed by atoms with Gasteiger partial charge in [0.1, 0.15) is 5.75 Å². The van der Waals surface area contributed by atoms with Crippen molar-refractivity contribution in [3.05, 3.63) is 48.3 Å². The second kappa shape index (κ2) is 4.74. The van der Waals surface area contributed by atoms with Gasteiger partial charge in [-0.05, 0) is 30.3 Å². The van der Waals surface area contributed by atoms with E-state index in [9.17, 15) is 4.79 Å². The number of rotatable bonds is 3. The van der Waals surface area contributed by atoms with Crippen LogP contribution in [-0.2, 0) is 4.74 Å². The highest BCUT2D eigenvalue weighted by atomic mass is 16.5. The number of benzene rings is 1. The fraction of sp³-hybridized carbons (Fsp3) is 0.154. The SMILES string of the molecule is COC(=O)c1ccc(OC)c(-n2cccc2)c1. The van der Waals surface area contributed by atoms with Crippen LogP contribution in [0.3, 0.4) is 0 Å². The lowest BCUT2D eigenvalue weighted by Gasteiger charge is -2.10. The molecule has 0 saturated heterocycles. The van der Waals surface area contributed by atoms with Gasteiger partial charge >= 0.3 is 5.97 Å². The smallest absolute Gasteiger partial charge is 0.337 e. The Morgan fingerprint density at radius 3 is 2.47 bits per heavy atom. The van der Waals surface area contributed by atoms with Crippen LogP contribution in [0.5, 0.6) is 5.75 Å². The second-order valence-corrected chi connectivity index (χ2v) is 3.47. The van der Waals surface area contributed by atoms with Crippen molar-refractivity contribution in [2.75, 3.05) is 14.2 Å². The van der Waals surface area contributed by atoms with Gasteiger partial charge in [0.25, 0.3) is 0 Å². The van der Waals surface area contributed by atoms with E-state index in [1.165, 1.54) is 7.11 Å². The van der Waals surface area contributed by atoms with E-state index < -0.39 is 0 Å². The minimum atomic E-state index is -0.360. The van der Waals surface area contributed by atoms with E-state index in [1.807, 2.05) is 29.1 Å². The number of nitrogens with zero attached hydrogens (tertiary/aromatic N) is 1. The molecule has 17 heavy (non-hydrogen) atoms. The zero-order chi connectivity index (χ0) is 12.3. The quantitative estimate of drug-likeness (QED) is 0.761. The molecule has 1 aromatic heterocycles. The lowest BCUT2D eigenvalue weighted by molar-refractivity contribution is 0.0600. The molecule has 0 aliphatic rings. The van der Waals surface area contributed by atoms with E-state index in [2.05, 4.69) is 0 Å². The summed E-state index contributed by atoms with van der Waals surface area (Å²) in [4.78, 5) is 11.5. The van der Waals surface area contributed by atoms with Crippen molar-refractivity contribution in [3.8, 4) is 11.4 Å². The first-order valence-corrected chi connectivity index (χ1v) is 5.16. The standard InChI is InChI=1S/C13H13NO3/c1-16-12-6-5-10(13(15)17-2)9-11(12)14-7-3-4-8-14/h3-9H,1-2H3. The lowest BCUT2D eigenvalue weighted by atomic mass is 10.2. The first kappa shape index (κ1) is 11.3. The van der Waals surface area contributed by atoms with E-state index in [-0.39, 0.29) is 5.97 Å². The second-order valence-electron chi connectivity index (χ2n) is 3.47. The first-order valence-electron chi connectivity index (χ1n) is 5.16. The number of methoxy groups -OCH3 is 2. The van der Waals surface area contributed by atoms with Crippen molar-refractivity contribution in [1.82, 2.24) is 4.57 Å². The number of aromatic nitrogens is 1. The Kier molecular flexibility index (Phi) is 3.14. The van der Waals surface area contributed by atoms with Crippen molar-refractivity contribution in [3.63, 3.8) is 0 Å². The molecule has 0 spiro atoms. The van der Waals surface area contributed by atoms with E-state index in [0.717, 1.165) is 5.69 Å². The Balaban J connectivity index is 2.51. The van der Waals surface area contributed by atoms with Gasteiger partial charge in [-0.15, -0.1) is 0 Å². The average Bonchev–Trinajstić information content (AvgIpc) is 2.90. The highest BCUT2D eigenvalue weighted by Gasteiger charge is 2.10. The van der Waals surface area contributed by atoms with E-state index in [0.29, 0.717) is 11.3 Å². The zero-order valence-corrected chi connectivity index (χ0v) is 9.71. The first-order chi connectivity index (χ1) is 8.26. The minimum absolute atomic E-state index is 0.360. The molecule has 0 radical (unpaired) electrons. The molecule has 0 aliphatic carbocycles. The third kappa shape index (κ3) is 2.15. The van der Waals surface area contributed by atoms with Crippen molar-refractivity contribution >= 4 is 5.97 Å². The molecule has 1 heterocycles. The van der Waals surface area contributed by atoms with Gasteiger partial charge in [0, 0.05) is 12.4 Å². The molecule has 0 fully saturated rings. The summed E-state index contributed by atoms with van der Waals surface area (Å²) in [5.41, 5.74) is 1.30. The summed E-state index contributed by atoms with van der Waals surface area (Å²) < 4.78 is 11.8. The van der Waals surface area contributed by atoms with Gasteiger partial charge in [0.05, 0.1) is 25.5 Å². The molecule has 0 saturated carbocycles. The molecule has 0 bridgehead atoms. The monoisotopic (exact) mass is 231 g/mol. The molecule has 4 nitrogen and oxygen atoms in total. The summed E-state index contributed by atoms with van der Waals surface area (Å²) in [5.74, 6) is 0.343. The molecule has 2 aromatic rings. The summed E-state index contributed by atoms with van der Waals surface area (Å²) >= 11 is 0. The number of esters is 1. The van der Waals surface area contributed by atoms with Crippen LogP contribution >= 0.6 is 0 Å². The molecule has 0 amide bonds. The van der Waals surface area contributed by atoms with Crippen LogP contribution in [0, 0.1) is 0 Å². The van der Waals surface area contributed by atoms with Crippen LogP contribution < -0.4 is 4.74 Å². The predicted molar refractivity (Wildman–Crippen MR) is 63.7 cm³/mol. The number of hydrogen-bond acceptors (Lipinski definition) is 3. The normalized spacial score (nSPS) is 10.0. The fourth-order valence-electron chi connectivity index (χ4n) is 1.63. The van der Waals surface area contributed by atoms with Crippen LogP contribution in [0.15, 0.2) is 42.7 Å². The van der Waals surface area contributed by atoms with E-state index in [4.69, 9.17) is 9.47 Å². The van der Waals surface area contributed by atoms with Crippen molar-refractivity contribution in [1.29, 1.82) is 0 Å². The Bertz CT molecular complexity index is 517. The van der Waals surface area contributed by atoms with Crippen LogP contribution in [-0.4, -0.2) is 24.8 Å². The fourth-order valence-corrected chi connectivity index (χ4v) is 1.63. The maximum atomic E-state index is 11.5. The Hall–Kier alpha value is -2.23. The molecule has 1 aromatic carbocycles. The van der Waals surface area contributed by atoms with Crippen molar-refractivity contribution < 1.29 is 14.3 Å². The summed E-state index contributed by atoms with van der Waals surface area (Å²) in [5, 5.41) is 0. The third-order valence-corrected chi connectivity index (χ3v) is 2.48. The third-order valence-electron chi connectivity index (χ3n) is 2.48. The molecule has 88 valence electrons. The lowest BCUT2D eigenvalue weighted by Crippen LogP contribution is -2.03. The van der Waals surface area contributed by atoms with Gasteiger partial charge in [-0.25, -0.2) is 4.79 Å². The van der Waals surface area contributed by atoms with Crippen LogP contribution in [0.1, 0.15) is 10.4 Å². The Labute approximate surface area is 99.4 Å².